The fourth-order valence-electron chi connectivity index (χ4n) is 14.4. The smallest absolute Gasteiger partial charge is 0.358 e. The van der Waals surface area contributed by atoms with Crippen LogP contribution in [0.15, 0.2) is 224 Å². The predicted molar refractivity (Wildman–Crippen MR) is 369 cm³/mol. The molecule has 0 radical (unpaired) electrons. The number of hydrogen-bond donors (Lipinski definition) is 0. The average Bonchev–Trinajstić information content (AvgIpc) is 1.60. The molecule has 442 valence electrons. The summed E-state index contributed by atoms with van der Waals surface area (Å²) in [4.78, 5) is 61.2. The molecule has 0 N–H and O–H groups in total. The SMILES string of the molecule is C1=CC2=Cc3c(c4nc5[n-]c(nc6nc(nc3[n-]4)C3Cc4ccccc4CC63)c3cc4ccccc4cc53)CC2C=C1.N#Cc1ccccc1C#N.[Zn+2].[Zn+2].[Zn].c1ccc2cc3c(cc2c1)-c1nc-3nc2[n-]c(nc3[n-]c(n1)c1cc4ccccc4cc31)c1cc3ccccc3cc21. The van der Waals surface area contributed by atoms with Gasteiger partial charge in [0.2, 0.25) is 0 Å². The molecule has 17 heteroatoms. The Bertz CT molecular complexity index is 6160. The fourth-order valence-corrected chi connectivity index (χ4v) is 14.4. The first-order valence-electron chi connectivity index (χ1n) is 31.3. The van der Waals surface area contributed by atoms with E-state index in [0.717, 1.165) is 129 Å². The predicted octanol–water partition coefficient (Wildman–Crippen LogP) is 16.0. The monoisotopic (exact) mass is 1390 g/mol. The minimum absolute atomic E-state index is 0. The largest absolute Gasteiger partial charge is 2.00 e. The molecule has 0 spiro atoms. The van der Waals surface area contributed by atoms with Crippen LogP contribution >= 0.6 is 0 Å². The van der Waals surface area contributed by atoms with E-state index < -0.39 is 0 Å². The molecular formula is C80H46N14Zn3. The Morgan fingerprint density at radius 1 is 0.361 bits per heavy atom. The van der Waals surface area contributed by atoms with E-state index >= 15 is 0 Å². The van der Waals surface area contributed by atoms with Crippen molar-refractivity contribution in [3.63, 3.8) is 0 Å². The molecule has 5 aliphatic rings. The number of hydrogen-bond acceptors (Lipinski definition) is 10. The minimum Gasteiger partial charge on any atom is -0.358 e. The maximum Gasteiger partial charge on any atom is 2.00 e. The van der Waals surface area contributed by atoms with Gasteiger partial charge in [0.05, 0.1) is 34.4 Å². The van der Waals surface area contributed by atoms with E-state index in [1.165, 1.54) is 16.7 Å². The van der Waals surface area contributed by atoms with Crippen LogP contribution in [0.1, 0.15) is 56.9 Å². The Morgan fingerprint density at radius 2 is 0.722 bits per heavy atom. The zero-order chi connectivity index (χ0) is 62.1. The molecule has 21 rings (SSSR count). The van der Waals surface area contributed by atoms with Gasteiger partial charge in [0.15, 0.2) is 0 Å². The van der Waals surface area contributed by atoms with Crippen molar-refractivity contribution >= 4 is 127 Å². The summed E-state index contributed by atoms with van der Waals surface area (Å²) >= 11 is 0. The first kappa shape index (κ1) is 61.0. The normalized spacial score (nSPS) is 15.3. The van der Waals surface area contributed by atoms with Gasteiger partial charge in [0, 0.05) is 93.5 Å². The summed E-state index contributed by atoms with van der Waals surface area (Å²) in [6.45, 7) is 0. The molecule has 6 aromatic heterocycles. The molecule has 10 aromatic carbocycles. The van der Waals surface area contributed by atoms with Crippen LogP contribution in [0.5, 0.6) is 0 Å². The molecule has 0 fully saturated rings. The van der Waals surface area contributed by atoms with Crippen LogP contribution in [0.4, 0.5) is 0 Å². The van der Waals surface area contributed by atoms with Crippen molar-refractivity contribution in [2.24, 2.45) is 5.92 Å². The van der Waals surface area contributed by atoms with E-state index in [0.29, 0.717) is 73.9 Å². The van der Waals surface area contributed by atoms with Crippen molar-refractivity contribution in [1.82, 2.24) is 59.8 Å². The molecule has 8 heterocycles. The summed E-state index contributed by atoms with van der Waals surface area (Å²) in [7, 11) is 0. The molecule has 12 bridgehead atoms. The summed E-state index contributed by atoms with van der Waals surface area (Å²) in [6, 6.07) is 69.9. The van der Waals surface area contributed by atoms with Gasteiger partial charge < -0.3 is 49.8 Å². The van der Waals surface area contributed by atoms with Gasteiger partial charge in [-0.2, -0.15) is 10.5 Å². The topological polar surface area (TPSA) is 207 Å². The quantitative estimate of drug-likeness (QED) is 0.129. The fraction of sp³-hybridized carbons (Fsp3) is 0.0750. The van der Waals surface area contributed by atoms with E-state index in [2.05, 4.69) is 164 Å². The maximum atomic E-state index is 8.45. The summed E-state index contributed by atoms with van der Waals surface area (Å²) in [5.74, 6) is 3.42. The van der Waals surface area contributed by atoms with Crippen LogP contribution in [0, 0.1) is 28.6 Å². The van der Waals surface area contributed by atoms with Crippen molar-refractivity contribution in [3.05, 3.63) is 269 Å². The average molecular weight is 1400 g/mol. The van der Waals surface area contributed by atoms with Crippen molar-refractivity contribution < 1.29 is 58.4 Å². The van der Waals surface area contributed by atoms with Crippen molar-refractivity contribution in [1.29, 1.82) is 10.5 Å². The third kappa shape index (κ3) is 10.4. The van der Waals surface area contributed by atoms with E-state index in [-0.39, 0.29) is 70.3 Å². The van der Waals surface area contributed by atoms with Crippen LogP contribution in [0.2, 0.25) is 0 Å². The van der Waals surface area contributed by atoms with Crippen LogP contribution < -0.4 is 19.9 Å². The van der Waals surface area contributed by atoms with Crippen LogP contribution in [-0.2, 0) is 77.7 Å². The molecule has 0 saturated carbocycles. The molecule has 16 aromatic rings. The molecule has 3 atom stereocenters. The second-order valence-electron chi connectivity index (χ2n) is 24.5. The Kier molecular flexibility index (Phi) is 15.3. The zero-order valence-electron chi connectivity index (χ0n) is 52.1. The molecule has 3 aliphatic carbocycles. The number of nitriles is 2. The summed E-state index contributed by atoms with van der Waals surface area (Å²) in [6.07, 6.45) is 13.6. The van der Waals surface area contributed by atoms with Gasteiger partial charge in [-0.15, -0.1) is 0 Å². The van der Waals surface area contributed by atoms with Crippen LogP contribution in [-0.4, -0.2) is 39.9 Å². The van der Waals surface area contributed by atoms with Gasteiger partial charge in [-0.25, -0.2) is 4.98 Å². The van der Waals surface area contributed by atoms with Crippen molar-refractivity contribution in [2.45, 2.75) is 31.1 Å². The number of nitrogens with zero attached hydrogens (tertiary/aromatic N) is 14. The first-order chi connectivity index (χ1) is 46.4. The summed E-state index contributed by atoms with van der Waals surface area (Å²) in [5, 5.41) is 31.7. The standard InChI is InChI=1S/C36H24N6.C36H18N6.C8H4N2.3Zn/c2*1-2-8-20-14-26-25(13-19(20)7-1)31-37-32(26)41-34-29-17-23-11-5-6-12-24(23)18-30(29)36(39-34)42-35-28-16-22-10-4-3-9-21(22)15-27(28)33(38-35)40-31;9-5-7-3-1-2-4-8(7)6-10;;;/h1-14,16,21,29-30H,15,17-18H2;1-18H;1-4H;;;/q2*-2;;;2*+2. The number of aromatic nitrogens is 12. The van der Waals surface area contributed by atoms with E-state index in [1.54, 1.807) is 24.3 Å². The molecule has 0 amide bonds. The van der Waals surface area contributed by atoms with E-state index in [1.807, 2.05) is 48.5 Å². The van der Waals surface area contributed by atoms with Crippen molar-refractivity contribution in [2.75, 3.05) is 0 Å². The van der Waals surface area contributed by atoms with Gasteiger partial charge in [-0.1, -0.05) is 158 Å². The first-order valence-corrected chi connectivity index (χ1v) is 31.3. The number of allylic oxidation sites excluding steroid dienone is 5. The third-order valence-corrected chi connectivity index (χ3v) is 19.1. The summed E-state index contributed by atoms with van der Waals surface area (Å²) in [5.41, 5.74) is 14.1. The number of rotatable bonds is 0. The molecule has 2 aliphatic heterocycles. The minimum atomic E-state index is 0. The van der Waals surface area contributed by atoms with Crippen LogP contribution in [0.25, 0.3) is 149 Å². The Morgan fingerprint density at radius 3 is 1.15 bits per heavy atom. The molecule has 97 heavy (non-hydrogen) atoms. The van der Waals surface area contributed by atoms with Gasteiger partial charge in [-0.3, -0.25) is 4.98 Å². The molecular weight excluding hydrogens is 1350 g/mol. The second kappa shape index (κ2) is 24.4. The Labute approximate surface area is 591 Å². The van der Waals surface area contributed by atoms with E-state index in [9.17, 15) is 0 Å². The Hall–Kier alpha value is -10.9. The molecule has 3 unspecified atom stereocenters. The number of benzene rings is 10. The Balaban J connectivity index is 0.000000130. The van der Waals surface area contributed by atoms with Crippen LogP contribution in [0.3, 0.4) is 0 Å². The van der Waals surface area contributed by atoms with Gasteiger partial charge >= 0.3 is 39.0 Å². The van der Waals surface area contributed by atoms with Gasteiger partial charge in [0.25, 0.3) is 0 Å². The summed E-state index contributed by atoms with van der Waals surface area (Å²) < 4.78 is 0. The van der Waals surface area contributed by atoms with E-state index in [4.69, 9.17) is 70.3 Å². The van der Waals surface area contributed by atoms with Gasteiger partial charge in [0.1, 0.15) is 12.1 Å². The molecule has 14 nitrogen and oxygen atoms in total. The number of fused-ring (bicyclic) bond motifs is 36. The maximum absolute atomic E-state index is 8.45. The molecule has 0 saturated heterocycles. The van der Waals surface area contributed by atoms with Gasteiger partial charge in [-0.05, 0) is 189 Å². The van der Waals surface area contributed by atoms with Crippen molar-refractivity contribution in [3.8, 4) is 34.9 Å². The third-order valence-electron chi connectivity index (χ3n) is 19.1. The second-order valence-corrected chi connectivity index (χ2v) is 24.5. The zero-order valence-corrected chi connectivity index (χ0v) is 61.0.